The molecule has 4 nitrogen and oxygen atoms in total. The first-order valence-corrected chi connectivity index (χ1v) is 7.48. The van der Waals surface area contributed by atoms with Crippen LogP contribution in [0, 0.1) is 0 Å². The Balaban J connectivity index is 2.41. The van der Waals surface area contributed by atoms with E-state index in [4.69, 9.17) is 4.74 Å². The molecule has 0 aliphatic rings. The molecule has 4 heteroatoms. The van der Waals surface area contributed by atoms with Crippen molar-refractivity contribution in [2.24, 2.45) is 0 Å². The predicted octanol–water partition coefficient (Wildman–Crippen LogP) is 2.73. The quantitative estimate of drug-likeness (QED) is 0.637. The number of hydrogen-bond donors (Lipinski definition) is 2. The van der Waals surface area contributed by atoms with E-state index in [0.29, 0.717) is 11.3 Å². The highest BCUT2D eigenvalue weighted by atomic mass is 16.5. The second-order valence-corrected chi connectivity index (χ2v) is 5.23. The van der Waals surface area contributed by atoms with Crippen molar-refractivity contribution in [3.05, 3.63) is 65.7 Å². The van der Waals surface area contributed by atoms with Crippen LogP contribution in [0.3, 0.4) is 0 Å². The van der Waals surface area contributed by atoms with Crippen molar-refractivity contribution < 1.29 is 14.6 Å². The average molecular weight is 311 g/mol. The standard InChI is InChI=1S/C19H21NO3/c1-14(21)13-20-19(22)17(15-8-4-3-5-9-15)12-16-10-6-7-11-18(16)23-2/h3-12,14,21H,13H2,1-2H3,(H,20,22)/b17-12+. The van der Waals surface area contributed by atoms with E-state index in [9.17, 15) is 9.90 Å². The molecule has 2 aromatic carbocycles. The Labute approximate surface area is 136 Å². The Morgan fingerprint density at radius 1 is 1.17 bits per heavy atom. The fourth-order valence-electron chi connectivity index (χ4n) is 2.17. The number of aliphatic hydroxyl groups excluding tert-OH is 1. The van der Waals surface area contributed by atoms with E-state index in [2.05, 4.69) is 5.32 Å². The van der Waals surface area contributed by atoms with Crippen LogP contribution in [0.25, 0.3) is 11.6 Å². The summed E-state index contributed by atoms with van der Waals surface area (Å²) in [6.07, 6.45) is 1.20. The van der Waals surface area contributed by atoms with Gasteiger partial charge in [0.1, 0.15) is 5.75 Å². The van der Waals surface area contributed by atoms with Crippen LogP contribution < -0.4 is 10.1 Å². The lowest BCUT2D eigenvalue weighted by Crippen LogP contribution is -2.31. The van der Waals surface area contributed by atoms with Crippen molar-refractivity contribution in [1.82, 2.24) is 5.32 Å². The van der Waals surface area contributed by atoms with Gasteiger partial charge in [0.25, 0.3) is 5.91 Å². The third-order valence-corrected chi connectivity index (χ3v) is 3.33. The smallest absolute Gasteiger partial charge is 0.252 e. The molecule has 23 heavy (non-hydrogen) atoms. The van der Waals surface area contributed by atoms with Crippen LogP contribution in [0.2, 0.25) is 0 Å². The number of rotatable bonds is 6. The molecule has 0 radical (unpaired) electrons. The number of carbonyl (C=O) groups is 1. The van der Waals surface area contributed by atoms with Crippen LogP contribution in [0.1, 0.15) is 18.1 Å². The fourth-order valence-corrected chi connectivity index (χ4v) is 2.17. The number of hydrogen-bond acceptors (Lipinski definition) is 3. The zero-order chi connectivity index (χ0) is 16.7. The molecule has 2 N–H and O–H groups in total. The van der Waals surface area contributed by atoms with Crippen molar-refractivity contribution in [2.45, 2.75) is 13.0 Å². The molecule has 0 aliphatic carbocycles. The number of amides is 1. The van der Waals surface area contributed by atoms with E-state index in [0.717, 1.165) is 11.1 Å². The topological polar surface area (TPSA) is 58.6 Å². The number of para-hydroxylation sites is 1. The van der Waals surface area contributed by atoms with Gasteiger partial charge in [0.05, 0.1) is 13.2 Å². The third kappa shape index (κ3) is 4.69. The van der Waals surface area contributed by atoms with Gasteiger partial charge in [0, 0.05) is 17.7 Å². The van der Waals surface area contributed by atoms with Crippen LogP contribution in [0.15, 0.2) is 54.6 Å². The highest BCUT2D eigenvalue weighted by Crippen LogP contribution is 2.24. The molecule has 0 aromatic heterocycles. The van der Waals surface area contributed by atoms with Gasteiger partial charge in [-0.2, -0.15) is 0 Å². The summed E-state index contributed by atoms with van der Waals surface area (Å²) in [5.41, 5.74) is 2.15. The van der Waals surface area contributed by atoms with Crippen molar-refractivity contribution >= 4 is 17.6 Å². The molecular weight excluding hydrogens is 290 g/mol. The molecule has 1 amide bonds. The van der Waals surface area contributed by atoms with E-state index >= 15 is 0 Å². The molecule has 0 saturated carbocycles. The van der Waals surface area contributed by atoms with Crippen LogP contribution >= 0.6 is 0 Å². The highest BCUT2D eigenvalue weighted by Gasteiger charge is 2.13. The van der Waals surface area contributed by atoms with E-state index in [1.54, 1.807) is 20.1 Å². The van der Waals surface area contributed by atoms with Gasteiger partial charge in [-0.05, 0) is 24.6 Å². The van der Waals surface area contributed by atoms with Gasteiger partial charge in [0.2, 0.25) is 0 Å². The summed E-state index contributed by atoms with van der Waals surface area (Å²) in [5.74, 6) is 0.465. The van der Waals surface area contributed by atoms with E-state index < -0.39 is 6.10 Å². The summed E-state index contributed by atoms with van der Waals surface area (Å²) in [6.45, 7) is 1.83. The van der Waals surface area contributed by atoms with Gasteiger partial charge in [-0.25, -0.2) is 0 Å². The van der Waals surface area contributed by atoms with Crippen molar-refractivity contribution in [3.8, 4) is 5.75 Å². The lowest BCUT2D eigenvalue weighted by molar-refractivity contribution is -0.115. The van der Waals surface area contributed by atoms with E-state index in [1.165, 1.54) is 0 Å². The largest absolute Gasteiger partial charge is 0.496 e. The number of methoxy groups -OCH3 is 1. The molecule has 1 atom stereocenters. The second-order valence-electron chi connectivity index (χ2n) is 5.23. The SMILES string of the molecule is COc1ccccc1/C=C(/C(=O)NCC(C)O)c1ccccc1. The zero-order valence-electron chi connectivity index (χ0n) is 13.3. The van der Waals surface area contributed by atoms with E-state index in [-0.39, 0.29) is 12.5 Å². The molecule has 2 aromatic rings. The zero-order valence-corrected chi connectivity index (χ0v) is 13.3. The molecule has 0 fully saturated rings. The number of carbonyl (C=O) groups excluding carboxylic acids is 1. The predicted molar refractivity (Wildman–Crippen MR) is 92.0 cm³/mol. The molecule has 2 rings (SSSR count). The fraction of sp³-hybridized carbons (Fsp3) is 0.211. The monoisotopic (exact) mass is 311 g/mol. The summed E-state index contributed by atoms with van der Waals surface area (Å²) >= 11 is 0. The minimum Gasteiger partial charge on any atom is -0.496 e. The maximum atomic E-state index is 12.5. The van der Waals surface area contributed by atoms with Crippen LogP contribution in [-0.4, -0.2) is 30.8 Å². The first-order chi connectivity index (χ1) is 11.1. The normalized spacial score (nSPS) is 12.6. The molecule has 120 valence electrons. The van der Waals surface area contributed by atoms with Gasteiger partial charge in [0.15, 0.2) is 0 Å². The van der Waals surface area contributed by atoms with Gasteiger partial charge in [-0.15, -0.1) is 0 Å². The summed E-state index contributed by atoms with van der Waals surface area (Å²) in [6, 6.07) is 16.9. The maximum absolute atomic E-state index is 12.5. The lowest BCUT2D eigenvalue weighted by Gasteiger charge is -2.12. The number of nitrogens with one attached hydrogen (secondary N) is 1. The van der Waals surface area contributed by atoms with Crippen molar-refractivity contribution in [3.63, 3.8) is 0 Å². The van der Waals surface area contributed by atoms with Gasteiger partial charge in [-0.1, -0.05) is 48.5 Å². The van der Waals surface area contributed by atoms with Crippen molar-refractivity contribution in [2.75, 3.05) is 13.7 Å². The summed E-state index contributed by atoms with van der Waals surface area (Å²) in [7, 11) is 1.60. The van der Waals surface area contributed by atoms with Crippen LogP contribution in [0.5, 0.6) is 5.75 Å². The molecule has 1 unspecified atom stereocenters. The molecule has 0 aliphatic heterocycles. The summed E-state index contributed by atoms with van der Waals surface area (Å²) in [4.78, 5) is 12.5. The highest BCUT2D eigenvalue weighted by molar-refractivity contribution is 6.24. The molecule has 0 heterocycles. The Kier molecular flexibility index (Phi) is 5.94. The minimum atomic E-state index is -0.595. The molecule has 0 spiro atoms. The second kappa shape index (κ2) is 8.15. The minimum absolute atomic E-state index is 0.203. The van der Waals surface area contributed by atoms with Gasteiger partial charge >= 0.3 is 0 Å². The maximum Gasteiger partial charge on any atom is 0.252 e. The number of aliphatic hydroxyl groups is 1. The van der Waals surface area contributed by atoms with Gasteiger partial charge in [-0.3, -0.25) is 4.79 Å². The van der Waals surface area contributed by atoms with E-state index in [1.807, 2.05) is 54.6 Å². The Bertz CT molecular complexity index is 678. The summed E-state index contributed by atoms with van der Waals surface area (Å²) < 4.78 is 5.34. The van der Waals surface area contributed by atoms with Crippen LogP contribution in [0.4, 0.5) is 0 Å². The average Bonchev–Trinajstić information content (AvgIpc) is 2.58. The lowest BCUT2D eigenvalue weighted by atomic mass is 10.0. The summed E-state index contributed by atoms with van der Waals surface area (Å²) in [5, 5.41) is 12.1. The Morgan fingerprint density at radius 2 is 1.83 bits per heavy atom. The van der Waals surface area contributed by atoms with Crippen molar-refractivity contribution in [1.29, 1.82) is 0 Å². The molecule has 0 saturated heterocycles. The molecule has 0 bridgehead atoms. The van der Waals surface area contributed by atoms with Crippen LogP contribution in [-0.2, 0) is 4.79 Å². The number of ether oxygens (including phenoxy) is 1. The van der Waals surface area contributed by atoms with Gasteiger partial charge < -0.3 is 15.2 Å². The third-order valence-electron chi connectivity index (χ3n) is 3.33. The Morgan fingerprint density at radius 3 is 2.48 bits per heavy atom. The first kappa shape index (κ1) is 16.8. The molecular formula is C19H21NO3. The first-order valence-electron chi connectivity index (χ1n) is 7.48. The Hall–Kier alpha value is -2.59. The number of benzene rings is 2.